The Morgan fingerprint density at radius 2 is 1.79 bits per heavy atom. The maximum absolute atomic E-state index is 11.3. The molecular weight excluding hydrogens is 184 g/mol. The molecule has 0 aliphatic heterocycles. The van der Waals surface area contributed by atoms with E-state index >= 15 is 0 Å². The van der Waals surface area contributed by atoms with Crippen molar-refractivity contribution >= 4 is 11.9 Å². The maximum Gasteiger partial charge on any atom is 0.325 e. The first-order chi connectivity index (χ1) is 6.55. The second-order valence-electron chi connectivity index (χ2n) is 2.64. The topological polar surface area (TPSA) is 63.6 Å². The third-order valence-electron chi connectivity index (χ3n) is 1.79. The van der Waals surface area contributed by atoms with E-state index in [2.05, 4.69) is 16.6 Å². The van der Waals surface area contributed by atoms with Gasteiger partial charge in [0.25, 0.3) is 0 Å². The predicted molar refractivity (Wildman–Crippen MR) is 49.0 cm³/mol. The molecule has 0 saturated carbocycles. The number of carbonyl (C=O) groups excluding carboxylic acids is 1. The van der Waals surface area contributed by atoms with Crippen LogP contribution in [0.25, 0.3) is 0 Å². The van der Waals surface area contributed by atoms with Crippen molar-refractivity contribution < 1.29 is 19.4 Å². The van der Waals surface area contributed by atoms with Crippen LogP contribution in [0.2, 0.25) is 0 Å². The molecule has 0 aromatic carbocycles. The van der Waals surface area contributed by atoms with Crippen molar-refractivity contribution in [2.75, 3.05) is 7.11 Å². The zero-order valence-corrected chi connectivity index (χ0v) is 7.74. The Labute approximate surface area is 82.3 Å². The van der Waals surface area contributed by atoms with Crippen molar-refractivity contribution in [2.24, 2.45) is 5.41 Å². The largest absolute Gasteiger partial charge is 0.480 e. The van der Waals surface area contributed by atoms with E-state index in [1.807, 2.05) is 0 Å². The Morgan fingerprint density at radius 3 is 2.00 bits per heavy atom. The summed E-state index contributed by atoms with van der Waals surface area (Å²) in [6.45, 7) is 0. The van der Waals surface area contributed by atoms with Gasteiger partial charge in [0.15, 0.2) is 5.41 Å². The van der Waals surface area contributed by atoms with Gasteiger partial charge in [0.1, 0.15) is 0 Å². The Kier molecular flexibility index (Phi) is 4.25. The number of esters is 1. The van der Waals surface area contributed by atoms with Crippen LogP contribution in [-0.2, 0) is 14.3 Å². The molecule has 0 unspecified atom stereocenters. The van der Waals surface area contributed by atoms with E-state index < -0.39 is 17.4 Å². The van der Waals surface area contributed by atoms with Crippen LogP contribution in [0.4, 0.5) is 0 Å². The molecular formula is C10H10O4. The summed E-state index contributed by atoms with van der Waals surface area (Å²) in [6, 6.07) is 0. The molecule has 74 valence electrons. The molecule has 0 rings (SSSR count). The van der Waals surface area contributed by atoms with Gasteiger partial charge in [-0.05, 0) is 0 Å². The van der Waals surface area contributed by atoms with Gasteiger partial charge in [0.05, 0.1) is 7.11 Å². The molecule has 1 N–H and O–H groups in total. The summed E-state index contributed by atoms with van der Waals surface area (Å²) in [4.78, 5) is 22.2. The number of rotatable bonds is 4. The van der Waals surface area contributed by atoms with E-state index in [1.165, 1.54) is 0 Å². The Morgan fingerprint density at radius 1 is 1.36 bits per heavy atom. The van der Waals surface area contributed by atoms with Crippen LogP contribution < -0.4 is 0 Å². The first-order valence-corrected chi connectivity index (χ1v) is 3.74. The van der Waals surface area contributed by atoms with Crippen LogP contribution in [0, 0.1) is 30.1 Å². The smallest absolute Gasteiger partial charge is 0.325 e. The molecule has 0 heterocycles. The van der Waals surface area contributed by atoms with E-state index in [0.29, 0.717) is 0 Å². The number of methoxy groups -OCH3 is 1. The SMILES string of the molecule is C#CCC(CC#C)(C(=O)O)C(=O)OC. The number of carboxylic acid groups (broad SMARTS) is 1. The number of hydrogen-bond acceptors (Lipinski definition) is 3. The molecule has 4 nitrogen and oxygen atoms in total. The average molecular weight is 194 g/mol. The highest BCUT2D eigenvalue weighted by atomic mass is 16.5. The van der Waals surface area contributed by atoms with Crippen molar-refractivity contribution in [3.8, 4) is 24.7 Å². The van der Waals surface area contributed by atoms with Crippen molar-refractivity contribution in [1.29, 1.82) is 0 Å². The Hall–Kier alpha value is -1.94. The van der Waals surface area contributed by atoms with Crippen LogP contribution in [0.1, 0.15) is 12.8 Å². The lowest BCUT2D eigenvalue weighted by Crippen LogP contribution is -2.39. The maximum atomic E-state index is 11.3. The van der Waals surface area contributed by atoms with Crippen molar-refractivity contribution in [2.45, 2.75) is 12.8 Å². The number of terminal acetylenes is 2. The molecule has 0 bridgehead atoms. The molecule has 0 amide bonds. The van der Waals surface area contributed by atoms with Crippen molar-refractivity contribution in [1.82, 2.24) is 0 Å². The minimum atomic E-state index is -1.81. The van der Waals surface area contributed by atoms with Gasteiger partial charge in [0.2, 0.25) is 0 Å². The highest BCUT2D eigenvalue weighted by molar-refractivity contribution is 5.99. The number of carbonyl (C=O) groups is 2. The molecule has 0 aliphatic carbocycles. The lowest BCUT2D eigenvalue weighted by molar-refractivity contribution is -0.166. The normalized spacial score (nSPS) is 9.64. The molecule has 0 aromatic heterocycles. The van der Waals surface area contributed by atoms with Gasteiger partial charge >= 0.3 is 11.9 Å². The molecule has 0 fully saturated rings. The van der Waals surface area contributed by atoms with Gasteiger partial charge in [-0.15, -0.1) is 24.7 Å². The van der Waals surface area contributed by atoms with Gasteiger partial charge in [0, 0.05) is 12.8 Å². The number of aliphatic carboxylic acids is 1. The van der Waals surface area contributed by atoms with Crippen LogP contribution in [0.5, 0.6) is 0 Å². The van der Waals surface area contributed by atoms with E-state index in [9.17, 15) is 9.59 Å². The molecule has 0 aliphatic rings. The second kappa shape index (κ2) is 4.94. The summed E-state index contributed by atoms with van der Waals surface area (Å²) in [7, 11) is 1.09. The summed E-state index contributed by atoms with van der Waals surface area (Å²) in [5, 5.41) is 8.90. The fraction of sp³-hybridized carbons (Fsp3) is 0.400. The van der Waals surface area contributed by atoms with E-state index in [4.69, 9.17) is 18.0 Å². The fourth-order valence-corrected chi connectivity index (χ4v) is 0.989. The third kappa shape index (κ3) is 2.05. The van der Waals surface area contributed by atoms with Gasteiger partial charge in [-0.3, -0.25) is 9.59 Å². The second-order valence-corrected chi connectivity index (χ2v) is 2.64. The molecule has 0 atom stereocenters. The van der Waals surface area contributed by atoms with E-state index in [0.717, 1.165) is 7.11 Å². The predicted octanol–water partition coefficient (Wildman–Crippen LogP) is 0.277. The Balaban J connectivity index is 5.18. The summed E-state index contributed by atoms with van der Waals surface area (Å²) in [6.07, 6.45) is 9.41. The fourth-order valence-electron chi connectivity index (χ4n) is 0.989. The average Bonchev–Trinajstić information content (AvgIpc) is 2.15. The zero-order valence-electron chi connectivity index (χ0n) is 7.74. The minimum absolute atomic E-state index is 0.279. The lowest BCUT2D eigenvalue weighted by atomic mass is 9.82. The van der Waals surface area contributed by atoms with Gasteiger partial charge in [-0.1, -0.05) is 0 Å². The molecule has 0 saturated heterocycles. The first kappa shape index (κ1) is 12.1. The first-order valence-electron chi connectivity index (χ1n) is 3.74. The number of hydrogen-bond donors (Lipinski definition) is 1. The monoisotopic (exact) mass is 194 g/mol. The van der Waals surface area contributed by atoms with Crippen molar-refractivity contribution in [3.05, 3.63) is 0 Å². The van der Waals surface area contributed by atoms with Crippen molar-refractivity contribution in [3.63, 3.8) is 0 Å². The van der Waals surface area contributed by atoms with Crippen LogP contribution in [-0.4, -0.2) is 24.2 Å². The van der Waals surface area contributed by atoms with Gasteiger partial charge < -0.3 is 9.84 Å². The molecule has 0 radical (unpaired) electrons. The van der Waals surface area contributed by atoms with Crippen LogP contribution >= 0.6 is 0 Å². The van der Waals surface area contributed by atoms with E-state index in [1.54, 1.807) is 0 Å². The molecule has 0 aromatic rings. The third-order valence-corrected chi connectivity index (χ3v) is 1.79. The van der Waals surface area contributed by atoms with Crippen LogP contribution in [0.3, 0.4) is 0 Å². The summed E-state index contributed by atoms with van der Waals surface area (Å²) >= 11 is 0. The highest BCUT2D eigenvalue weighted by Crippen LogP contribution is 2.28. The lowest BCUT2D eigenvalue weighted by Gasteiger charge is -2.21. The summed E-state index contributed by atoms with van der Waals surface area (Å²) in [5.41, 5.74) is -1.81. The number of ether oxygens (including phenoxy) is 1. The standard InChI is InChI=1S/C10H10O4/c1-4-6-10(7-5-2,8(11)12)9(13)14-3/h1-2H,6-7H2,3H3,(H,11,12). The van der Waals surface area contributed by atoms with Crippen LogP contribution in [0.15, 0.2) is 0 Å². The minimum Gasteiger partial charge on any atom is -0.480 e. The van der Waals surface area contributed by atoms with Gasteiger partial charge in [-0.2, -0.15) is 0 Å². The summed E-state index contributed by atoms with van der Waals surface area (Å²) in [5.74, 6) is 1.95. The number of carboxylic acids is 1. The Bertz CT molecular complexity index is 300. The van der Waals surface area contributed by atoms with E-state index in [-0.39, 0.29) is 12.8 Å². The van der Waals surface area contributed by atoms with Gasteiger partial charge in [-0.25, -0.2) is 0 Å². The summed E-state index contributed by atoms with van der Waals surface area (Å²) < 4.78 is 4.37. The molecule has 0 spiro atoms. The highest BCUT2D eigenvalue weighted by Gasteiger charge is 2.46. The molecule has 4 heteroatoms. The zero-order chi connectivity index (χ0) is 11.2. The molecule has 14 heavy (non-hydrogen) atoms. The quantitative estimate of drug-likeness (QED) is 0.396.